The van der Waals surface area contributed by atoms with E-state index in [4.69, 9.17) is 4.74 Å². The summed E-state index contributed by atoms with van der Waals surface area (Å²) in [7, 11) is 1.47. The summed E-state index contributed by atoms with van der Waals surface area (Å²) in [5, 5.41) is 10.1. The lowest BCUT2D eigenvalue weighted by molar-refractivity contribution is 0.0984. The van der Waals surface area contributed by atoms with Crippen LogP contribution in [0, 0.1) is 0 Å². The number of phenolic OH excluding ortho intramolecular Hbond substituents is 1. The highest BCUT2D eigenvalue weighted by molar-refractivity contribution is 9.09. The molecule has 0 spiro atoms. The molecule has 4 heteroatoms. The lowest BCUT2D eigenvalue weighted by Crippen LogP contribution is -2.03. The van der Waals surface area contributed by atoms with Gasteiger partial charge in [-0.15, -0.1) is 0 Å². The highest BCUT2D eigenvalue weighted by atomic mass is 79.9. The predicted octanol–water partition coefficient (Wildman–Crippen LogP) is 2.37. The van der Waals surface area contributed by atoms with Crippen LogP contribution in [0.2, 0.25) is 0 Å². The quantitative estimate of drug-likeness (QED) is 0.667. The van der Waals surface area contributed by atoms with Crippen molar-refractivity contribution in [3.8, 4) is 11.5 Å². The molecule has 0 aliphatic carbocycles. The minimum atomic E-state index is -0.128. The van der Waals surface area contributed by atoms with Gasteiger partial charge in [-0.25, -0.2) is 0 Å². The standard InChI is InChI=1S/C10H11BrO3/c1-14-9-4-2-3-7(12)10(9)8(13)5-6-11/h2-4,12H,5-6H2,1H3. The first-order valence-electron chi connectivity index (χ1n) is 4.15. The van der Waals surface area contributed by atoms with E-state index >= 15 is 0 Å². The van der Waals surface area contributed by atoms with E-state index in [1.54, 1.807) is 12.1 Å². The SMILES string of the molecule is COc1cccc(O)c1C(=O)CCBr. The van der Waals surface area contributed by atoms with E-state index in [2.05, 4.69) is 15.9 Å². The van der Waals surface area contributed by atoms with Crippen molar-refractivity contribution in [2.45, 2.75) is 6.42 Å². The van der Waals surface area contributed by atoms with Crippen molar-refractivity contribution in [1.29, 1.82) is 0 Å². The number of Topliss-reactive ketones (excluding diaryl/α,β-unsaturated/α-hetero) is 1. The van der Waals surface area contributed by atoms with Crippen molar-refractivity contribution in [3.05, 3.63) is 23.8 Å². The Morgan fingerprint density at radius 1 is 1.57 bits per heavy atom. The Morgan fingerprint density at radius 3 is 2.86 bits per heavy atom. The first-order valence-corrected chi connectivity index (χ1v) is 5.28. The van der Waals surface area contributed by atoms with E-state index in [-0.39, 0.29) is 17.1 Å². The minimum Gasteiger partial charge on any atom is -0.507 e. The van der Waals surface area contributed by atoms with Crippen LogP contribution in [0.25, 0.3) is 0 Å². The predicted molar refractivity (Wildman–Crippen MR) is 57.4 cm³/mol. The molecule has 0 amide bonds. The summed E-state index contributed by atoms with van der Waals surface area (Å²) in [5.41, 5.74) is 0.259. The maximum atomic E-state index is 11.6. The Balaban J connectivity index is 3.10. The Kier molecular flexibility index (Phi) is 3.95. The highest BCUT2D eigenvalue weighted by Gasteiger charge is 2.15. The summed E-state index contributed by atoms with van der Waals surface area (Å²) < 4.78 is 5.00. The third-order valence-corrected chi connectivity index (χ3v) is 2.22. The number of ketones is 1. The molecule has 0 unspecified atom stereocenters. The molecule has 0 heterocycles. The van der Waals surface area contributed by atoms with Crippen molar-refractivity contribution >= 4 is 21.7 Å². The van der Waals surface area contributed by atoms with Crippen molar-refractivity contribution in [2.75, 3.05) is 12.4 Å². The number of methoxy groups -OCH3 is 1. The molecule has 0 fully saturated rings. The Morgan fingerprint density at radius 2 is 2.29 bits per heavy atom. The number of benzene rings is 1. The molecule has 0 aliphatic heterocycles. The number of carbonyl (C=O) groups excluding carboxylic acids is 1. The second kappa shape index (κ2) is 5.00. The Bertz CT molecular complexity index is 336. The minimum absolute atomic E-state index is 0.0321. The molecule has 1 aromatic rings. The molecule has 0 atom stereocenters. The van der Waals surface area contributed by atoms with E-state index in [0.29, 0.717) is 17.5 Å². The summed E-state index contributed by atoms with van der Waals surface area (Å²) in [6.45, 7) is 0. The molecule has 0 bridgehead atoms. The molecule has 1 rings (SSSR count). The van der Waals surface area contributed by atoms with Gasteiger partial charge in [0, 0.05) is 11.8 Å². The van der Waals surface area contributed by atoms with E-state index in [9.17, 15) is 9.90 Å². The summed E-state index contributed by atoms with van der Waals surface area (Å²) in [5.74, 6) is 0.253. The van der Waals surface area contributed by atoms with Crippen LogP contribution >= 0.6 is 15.9 Å². The van der Waals surface area contributed by atoms with Gasteiger partial charge in [0.1, 0.15) is 17.1 Å². The molecule has 0 aromatic heterocycles. The number of halogens is 1. The van der Waals surface area contributed by atoms with Gasteiger partial charge in [0.05, 0.1) is 7.11 Å². The van der Waals surface area contributed by atoms with Crippen LogP contribution in [0.1, 0.15) is 16.8 Å². The number of phenols is 1. The molecular formula is C10H11BrO3. The third-order valence-electron chi connectivity index (χ3n) is 1.82. The molecule has 0 radical (unpaired) electrons. The zero-order chi connectivity index (χ0) is 10.6. The van der Waals surface area contributed by atoms with Gasteiger partial charge >= 0.3 is 0 Å². The normalized spacial score (nSPS) is 9.86. The fourth-order valence-corrected chi connectivity index (χ4v) is 1.54. The molecular weight excluding hydrogens is 248 g/mol. The van der Waals surface area contributed by atoms with Crippen LogP contribution < -0.4 is 4.74 Å². The average Bonchev–Trinajstić information content (AvgIpc) is 2.17. The monoisotopic (exact) mass is 258 g/mol. The number of ether oxygens (including phenoxy) is 1. The van der Waals surface area contributed by atoms with Crippen LogP contribution in [0.3, 0.4) is 0 Å². The van der Waals surface area contributed by atoms with Gasteiger partial charge in [0.25, 0.3) is 0 Å². The summed E-state index contributed by atoms with van der Waals surface area (Å²) in [4.78, 5) is 11.6. The molecule has 3 nitrogen and oxygen atoms in total. The van der Waals surface area contributed by atoms with E-state index in [1.165, 1.54) is 13.2 Å². The van der Waals surface area contributed by atoms with Crippen LogP contribution in [-0.4, -0.2) is 23.3 Å². The van der Waals surface area contributed by atoms with Gasteiger partial charge in [-0.3, -0.25) is 4.79 Å². The van der Waals surface area contributed by atoms with Crippen molar-refractivity contribution in [3.63, 3.8) is 0 Å². The number of rotatable bonds is 4. The van der Waals surface area contributed by atoms with Crippen LogP contribution in [0.15, 0.2) is 18.2 Å². The Hall–Kier alpha value is -1.03. The molecule has 0 aliphatic rings. The van der Waals surface area contributed by atoms with Crippen LogP contribution in [0.5, 0.6) is 11.5 Å². The summed E-state index contributed by atoms with van der Waals surface area (Å²) in [6, 6.07) is 4.77. The van der Waals surface area contributed by atoms with Crippen LogP contribution in [-0.2, 0) is 0 Å². The maximum Gasteiger partial charge on any atom is 0.171 e. The lowest BCUT2D eigenvalue weighted by Gasteiger charge is -2.08. The van der Waals surface area contributed by atoms with Gasteiger partial charge in [0.15, 0.2) is 5.78 Å². The topological polar surface area (TPSA) is 46.5 Å². The molecule has 0 saturated heterocycles. The lowest BCUT2D eigenvalue weighted by atomic mass is 10.1. The Labute approximate surface area is 90.8 Å². The van der Waals surface area contributed by atoms with E-state index in [1.807, 2.05) is 0 Å². The fraction of sp³-hybridized carbons (Fsp3) is 0.300. The number of carbonyl (C=O) groups is 1. The van der Waals surface area contributed by atoms with Crippen molar-refractivity contribution in [1.82, 2.24) is 0 Å². The molecule has 14 heavy (non-hydrogen) atoms. The first kappa shape index (κ1) is 11.0. The van der Waals surface area contributed by atoms with Gasteiger partial charge in [-0.2, -0.15) is 0 Å². The molecule has 1 N–H and O–H groups in total. The zero-order valence-corrected chi connectivity index (χ0v) is 9.37. The van der Waals surface area contributed by atoms with E-state index in [0.717, 1.165) is 0 Å². The fourth-order valence-electron chi connectivity index (χ4n) is 1.18. The van der Waals surface area contributed by atoms with Gasteiger partial charge in [-0.05, 0) is 12.1 Å². The molecule has 0 saturated carbocycles. The summed E-state index contributed by atoms with van der Waals surface area (Å²) in [6.07, 6.45) is 0.341. The smallest absolute Gasteiger partial charge is 0.171 e. The zero-order valence-electron chi connectivity index (χ0n) is 7.79. The number of aromatic hydroxyl groups is 1. The largest absolute Gasteiger partial charge is 0.507 e. The van der Waals surface area contributed by atoms with E-state index < -0.39 is 0 Å². The second-order valence-corrected chi connectivity index (χ2v) is 3.51. The van der Waals surface area contributed by atoms with Gasteiger partial charge in [-0.1, -0.05) is 22.0 Å². The van der Waals surface area contributed by atoms with Crippen molar-refractivity contribution < 1.29 is 14.6 Å². The maximum absolute atomic E-state index is 11.6. The average molecular weight is 259 g/mol. The highest BCUT2D eigenvalue weighted by Crippen LogP contribution is 2.28. The van der Waals surface area contributed by atoms with Gasteiger partial charge < -0.3 is 9.84 Å². The number of alkyl halides is 1. The van der Waals surface area contributed by atoms with Crippen molar-refractivity contribution in [2.24, 2.45) is 0 Å². The number of hydrogen-bond donors (Lipinski definition) is 1. The molecule has 76 valence electrons. The summed E-state index contributed by atoms with van der Waals surface area (Å²) >= 11 is 3.18. The van der Waals surface area contributed by atoms with Gasteiger partial charge in [0.2, 0.25) is 0 Å². The second-order valence-electron chi connectivity index (χ2n) is 2.72. The number of hydrogen-bond acceptors (Lipinski definition) is 3. The van der Waals surface area contributed by atoms with Crippen LogP contribution in [0.4, 0.5) is 0 Å². The third kappa shape index (κ3) is 2.26. The molecule has 1 aromatic carbocycles. The first-order chi connectivity index (χ1) is 6.70.